The van der Waals surface area contributed by atoms with Crippen molar-refractivity contribution in [1.82, 2.24) is 16.0 Å². The largest absolute Gasteiger partial charge is 0.379 e. The molecule has 0 rings (SSSR count). The first-order chi connectivity index (χ1) is 17.0. The summed E-state index contributed by atoms with van der Waals surface area (Å²) in [7, 11) is 0. The van der Waals surface area contributed by atoms with Gasteiger partial charge in [-0.05, 0) is 13.8 Å². The van der Waals surface area contributed by atoms with E-state index in [0.29, 0.717) is 78.7 Å². The maximum absolute atomic E-state index is 11.6. The minimum Gasteiger partial charge on any atom is -0.379 e. The fourth-order valence-corrected chi connectivity index (χ4v) is 2.62. The van der Waals surface area contributed by atoms with Gasteiger partial charge >= 0.3 is 0 Å². The average molecular weight is 527 g/mol. The molecule has 0 saturated heterocycles. The molecular weight excluding hydrogens is 480 g/mol. The third-order valence-corrected chi connectivity index (χ3v) is 4.62. The average Bonchev–Trinajstić information content (AvgIpc) is 2.82. The van der Waals surface area contributed by atoms with Crippen molar-refractivity contribution in [3.05, 3.63) is 0 Å². The van der Waals surface area contributed by atoms with Crippen molar-refractivity contribution in [2.24, 2.45) is 5.73 Å². The topological polar surface area (TPSA) is 152 Å². The highest BCUT2D eigenvalue weighted by Gasteiger charge is 2.15. The second kappa shape index (κ2) is 26.0. The molecule has 0 spiro atoms. The van der Waals surface area contributed by atoms with E-state index in [2.05, 4.69) is 42.4 Å². The molecule has 12 nitrogen and oxygen atoms in total. The third-order valence-electron chi connectivity index (χ3n) is 4.25. The molecule has 0 aromatic heterocycles. The van der Waals surface area contributed by atoms with E-state index in [-0.39, 0.29) is 24.7 Å². The van der Waals surface area contributed by atoms with Crippen LogP contribution < -0.4 is 21.7 Å². The van der Waals surface area contributed by atoms with Crippen molar-refractivity contribution in [3.8, 4) is 0 Å². The molecule has 0 aliphatic rings. The van der Waals surface area contributed by atoms with Crippen molar-refractivity contribution in [2.45, 2.75) is 32.4 Å². The molecule has 0 fully saturated rings. The number of hydrogen-bond donors (Lipinski definition) is 5. The molecule has 13 heteroatoms. The lowest BCUT2D eigenvalue weighted by atomic mass is 10.3. The van der Waals surface area contributed by atoms with Crippen LogP contribution >= 0.6 is 12.6 Å². The van der Waals surface area contributed by atoms with Gasteiger partial charge in [0.15, 0.2) is 0 Å². The van der Waals surface area contributed by atoms with Crippen molar-refractivity contribution >= 4 is 24.4 Å². The first-order valence-electron chi connectivity index (χ1n) is 12.1. The molecule has 35 heavy (non-hydrogen) atoms. The molecule has 2 amide bonds. The SMILES string of the molecule is CC(C)NCNCCOCCOCCOCCOCCOCCOCCC(=O)NC(CS)C(N)=O. The highest BCUT2D eigenvalue weighted by Crippen LogP contribution is 1.91. The number of nitrogens with two attached hydrogens (primary N) is 1. The van der Waals surface area contributed by atoms with Gasteiger partial charge in [0.2, 0.25) is 11.8 Å². The minimum atomic E-state index is -0.770. The quantitative estimate of drug-likeness (QED) is 0.0508. The van der Waals surface area contributed by atoms with E-state index in [9.17, 15) is 9.59 Å². The summed E-state index contributed by atoms with van der Waals surface area (Å²) in [5, 5.41) is 9.00. The number of carbonyl (C=O) groups excluding carboxylic acids is 2. The Hall–Kier alpha value is -1.03. The molecule has 0 heterocycles. The summed E-state index contributed by atoms with van der Waals surface area (Å²) in [6.07, 6.45) is 0.133. The van der Waals surface area contributed by atoms with E-state index in [4.69, 9.17) is 34.2 Å². The molecule has 0 bridgehead atoms. The molecule has 0 aliphatic carbocycles. The predicted octanol–water partition coefficient (Wildman–Crippen LogP) is -1.08. The Balaban J connectivity index is 3.18. The fraction of sp³-hybridized carbons (Fsp3) is 0.909. The predicted molar refractivity (Wildman–Crippen MR) is 136 cm³/mol. The van der Waals surface area contributed by atoms with Gasteiger partial charge in [-0.1, -0.05) is 0 Å². The van der Waals surface area contributed by atoms with Crippen LogP contribution in [0.5, 0.6) is 0 Å². The molecule has 0 aliphatic heterocycles. The number of nitrogens with one attached hydrogen (secondary N) is 3. The lowest BCUT2D eigenvalue weighted by Gasteiger charge is -2.12. The van der Waals surface area contributed by atoms with Gasteiger partial charge in [0.25, 0.3) is 0 Å². The van der Waals surface area contributed by atoms with Crippen LogP contribution in [0.3, 0.4) is 0 Å². The molecule has 0 saturated carbocycles. The van der Waals surface area contributed by atoms with Crippen LogP contribution in [0.4, 0.5) is 0 Å². The molecule has 0 radical (unpaired) electrons. The van der Waals surface area contributed by atoms with E-state index in [0.717, 1.165) is 13.2 Å². The molecule has 0 aromatic carbocycles. The Bertz CT molecular complexity index is 506. The first-order valence-corrected chi connectivity index (χ1v) is 12.7. The zero-order chi connectivity index (χ0) is 26.0. The summed E-state index contributed by atoms with van der Waals surface area (Å²) in [5.41, 5.74) is 5.13. The number of carbonyl (C=O) groups is 2. The number of primary amides is 1. The van der Waals surface area contributed by atoms with Crippen LogP contribution in [0.15, 0.2) is 0 Å². The summed E-state index contributed by atoms with van der Waals surface area (Å²) in [6, 6.07) is -0.297. The van der Waals surface area contributed by atoms with Crippen LogP contribution in [0, 0.1) is 0 Å². The zero-order valence-electron chi connectivity index (χ0n) is 21.3. The van der Waals surface area contributed by atoms with E-state index in [1.807, 2.05) is 0 Å². The molecule has 0 aromatic rings. The second-order valence-corrected chi connectivity index (χ2v) is 8.03. The van der Waals surface area contributed by atoms with Crippen LogP contribution in [-0.4, -0.2) is 122 Å². The summed E-state index contributed by atoms with van der Waals surface area (Å²) < 4.78 is 32.4. The van der Waals surface area contributed by atoms with Crippen molar-refractivity contribution in [2.75, 3.05) is 98.2 Å². The van der Waals surface area contributed by atoms with Gasteiger partial charge in [-0.3, -0.25) is 9.59 Å². The van der Waals surface area contributed by atoms with E-state index >= 15 is 0 Å². The standard InChI is InChI=1S/C22H46N4O8S/c1-19(2)25-18-24-4-6-30-8-10-32-12-14-34-16-15-33-13-11-31-9-7-29-5-3-21(27)26-20(17-35)22(23)28/h19-20,24-25,35H,3-18H2,1-2H3,(H2,23,28)(H,26,27). The van der Waals surface area contributed by atoms with Gasteiger partial charge in [-0.25, -0.2) is 0 Å². The van der Waals surface area contributed by atoms with Crippen molar-refractivity contribution in [1.29, 1.82) is 0 Å². The van der Waals surface area contributed by atoms with Crippen LogP contribution in [0.25, 0.3) is 0 Å². The lowest BCUT2D eigenvalue weighted by molar-refractivity contribution is -0.127. The Kier molecular flexibility index (Phi) is 25.3. The summed E-state index contributed by atoms with van der Waals surface area (Å²) in [6.45, 7) is 11.5. The van der Waals surface area contributed by atoms with Crippen molar-refractivity contribution < 1.29 is 38.0 Å². The molecule has 5 N–H and O–H groups in total. The van der Waals surface area contributed by atoms with Crippen molar-refractivity contribution in [3.63, 3.8) is 0 Å². The summed E-state index contributed by atoms with van der Waals surface area (Å²) >= 11 is 3.96. The van der Waals surface area contributed by atoms with Crippen LogP contribution in [-0.2, 0) is 38.0 Å². The number of thiol groups is 1. The molecule has 1 unspecified atom stereocenters. The monoisotopic (exact) mass is 526 g/mol. The Morgan fingerprint density at radius 2 is 1.17 bits per heavy atom. The second-order valence-electron chi connectivity index (χ2n) is 7.66. The highest BCUT2D eigenvalue weighted by molar-refractivity contribution is 7.80. The maximum atomic E-state index is 11.6. The number of amides is 2. The van der Waals surface area contributed by atoms with Gasteiger partial charge in [-0.15, -0.1) is 0 Å². The van der Waals surface area contributed by atoms with E-state index in [1.54, 1.807) is 0 Å². The Morgan fingerprint density at radius 3 is 1.57 bits per heavy atom. The minimum absolute atomic E-state index is 0.133. The van der Waals surface area contributed by atoms with E-state index in [1.165, 1.54) is 0 Å². The Morgan fingerprint density at radius 1 is 0.743 bits per heavy atom. The normalized spacial score (nSPS) is 12.2. The smallest absolute Gasteiger partial charge is 0.240 e. The maximum Gasteiger partial charge on any atom is 0.240 e. The zero-order valence-corrected chi connectivity index (χ0v) is 22.2. The number of rotatable bonds is 27. The number of ether oxygens (including phenoxy) is 6. The molecule has 208 valence electrons. The fourth-order valence-electron chi connectivity index (χ4n) is 2.35. The van der Waals surface area contributed by atoms with Gasteiger partial charge in [0, 0.05) is 31.4 Å². The van der Waals surface area contributed by atoms with Gasteiger partial charge in [0.1, 0.15) is 6.04 Å². The van der Waals surface area contributed by atoms with E-state index < -0.39 is 11.9 Å². The molecular formula is C22H46N4O8S. The summed E-state index contributed by atoms with van der Waals surface area (Å²) in [4.78, 5) is 22.7. The lowest BCUT2D eigenvalue weighted by Crippen LogP contribution is -2.45. The molecule has 1 atom stereocenters. The highest BCUT2D eigenvalue weighted by atomic mass is 32.1. The number of hydrogen-bond acceptors (Lipinski definition) is 11. The van der Waals surface area contributed by atoms with Crippen LogP contribution in [0.1, 0.15) is 20.3 Å². The Labute approximate surface area is 215 Å². The van der Waals surface area contributed by atoms with Gasteiger partial charge in [-0.2, -0.15) is 12.6 Å². The van der Waals surface area contributed by atoms with Gasteiger partial charge in [0.05, 0.1) is 79.3 Å². The summed E-state index contributed by atoms with van der Waals surface area (Å²) in [5.74, 6) is -0.768. The third kappa shape index (κ3) is 25.9. The van der Waals surface area contributed by atoms with Gasteiger partial charge < -0.3 is 50.1 Å². The van der Waals surface area contributed by atoms with Crippen LogP contribution in [0.2, 0.25) is 0 Å². The first kappa shape index (κ1) is 34.0.